The zero-order valence-corrected chi connectivity index (χ0v) is 11.8. The maximum Gasteiger partial charge on any atom is 0.0702 e. The minimum atomic E-state index is 0.915. The van der Waals surface area contributed by atoms with E-state index in [4.69, 9.17) is 5.73 Å². The summed E-state index contributed by atoms with van der Waals surface area (Å²) in [6.07, 6.45) is 2.87. The standard InChI is InChI=1S/C18H17N3/c19-16-4-1-5-18-15(16)8-10-21(18)12-13-6-7-17-14(11-13)3-2-9-20-17/h1-7,9,11H,8,10,12,19H2. The van der Waals surface area contributed by atoms with Crippen LogP contribution in [0.25, 0.3) is 10.9 Å². The van der Waals surface area contributed by atoms with Gasteiger partial charge in [-0.1, -0.05) is 18.2 Å². The van der Waals surface area contributed by atoms with Gasteiger partial charge in [0, 0.05) is 41.6 Å². The first-order chi connectivity index (χ1) is 10.3. The second-order valence-corrected chi connectivity index (χ2v) is 5.55. The number of fused-ring (bicyclic) bond motifs is 2. The first kappa shape index (κ1) is 12.2. The molecule has 3 aromatic rings. The monoisotopic (exact) mass is 275 g/mol. The molecule has 4 rings (SSSR count). The minimum Gasteiger partial charge on any atom is -0.398 e. The lowest BCUT2D eigenvalue weighted by molar-refractivity contribution is 0.837. The Balaban J connectivity index is 1.66. The molecule has 1 aliphatic rings. The van der Waals surface area contributed by atoms with Gasteiger partial charge in [0.1, 0.15) is 0 Å². The largest absolute Gasteiger partial charge is 0.398 e. The number of nitrogen functional groups attached to an aromatic ring is 1. The Bertz CT molecular complexity index is 810. The zero-order chi connectivity index (χ0) is 14.2. The number of pyridine rings is 1. The molecule has 0 fully saturated rings. The Morgan fingerprint density at radius 2 is 2.05 bits per heavy atom. The Kier molecular flexibility index (Phi) is 2.78. The molecule has 1 aromatic heterocycles. The SMILES string of the molecule is Nc1cccc2c1CCN2Cc1ccc2ncccc2c1. The van der Waals surface area contributed by atoms with Crippen LogP contribution in [0.4, 0.5) is 11.4 Å². The van der Waals surface area contributed by atoms with Gasteiger partial charge < -0.3 is 10.6 Å². The van der Waals surface area contributed by atoms with E-state index in [-0.39, 0.29) is 0 Å². The molecule has 0 bridgehead atoms. The highest BCUT2D eigenvalue weighted by atomic mass is 15.1. The van der Waals surface area contributed by atoms with E-state index in [1.54, 1.807) is 0 Å². The topological polar surface area (TPSA) is 42.1 Å². The Hall–Kier alpha value is -2.55. The van der Waals surface area contributed by atoms with Crippen molar-refractivity contribution in [3.05, 3.63) is 65.9 Å². The molecule has 2 heterocycles. The van der Waals surface area contributed by atoms with E-state index in [1.807, 2.05) is 24.4 Å². The maximum absolute atomic E-state index is 6.07. The molecule has 0 radical (unpaired) electrons. The summed E-state index contributed by atoms with van der Waals surface area (Å²) in [5, 5.41) is 1.20. The van der Waals surface area contributed by atoms with Gasteiger partial charge in [-0.05, 0) is 42.3 Å². The molecule has 1 aliphatic heterocycles. The van der Waals surface area contributed by atoms with Crippen LogP contribution in [0.5, 0.6) is 0 Å². The summed E-state index contributed by atoms with van der Waals surface area (Å²) in [7, 11) is 0. The van der Waals surface area contributed by atoms with Crippen molar-refractivity contribution >= 4 is 22.3 Å². The number of aromatic nitrogens is 1. The number of benzene rings is 2. The number of nitrogens with two attached hydrogens (primary N) is 1. The van der Waals surface area contributed by atoms with Crippen LogP contribution < -0.4 is 10.6 Å². The first-order valence-corrected chi connectivity index (χ1v) is 7.27. The highest BCUT2D eigenvalue weighted by molar-refractivity contribution is 5.79. The van der Waals surface area contributed by atoms with Crippen LogP contribution in [0.15, 0.2) is 54.7 Å². The van der Waals surface area contributed by atoms with E-state index in [9.17, 15) is 0 Å². The summed E-state index contributed by atoms with van der Waals surface area (Å²) < 4.78 is 0. The molecule has 0 saturated carbocycles. The molecule has 0 spiro atoms. The van der Waals surface area contributed by atoms with Crippen molar-refractivity contribution in [2.75, 3.05) is 17.2 Å². The molecule has 0 aliphatic carbocycles. The van der Waals surface area contributed by atoms with E-state index < -0.39 is 0 Å². The van der Waals surface area contributed by atoms with Crippen LogP contribution in [0.1, 0.15) is 11.1 Å². The smallest absolute Gasteiger partial charge is 0.0702 e. The number of nitrogens with zero attached hydrogens (tertiary/aromatic N) is 2. The van der Waals surface area contributed by atoms with Crippen molar-refractivity contribution in [1.29, 1.82) is 0 Å². The molecular formula is C18H17N3. The lowest BCUT2D eigenvalue weighted by Gasteiger charge is -2.20. The van der Waals surface area contributed by atoms with Crippen molar-refractivity contribution in [1.82, 2.24) is 4.98 Å². The fraction of sp³-hybridized carbons (Fsp3) is 0.167. The van der Waals surface area contributed by atoms with E-state index >= 15 is 0 Å². The summed E-state index contributed by atoms with van der Waals surface area (Å²) in [6, 6.07) is 16.8. The van der Waals surface area contributed by atoms with Gasteiger partial charge in [-0.3, -0.25) is 4.98 Å². The average molecular weight is 275 g/mol. The number of anilines is 2. The average Bonchev–Trinajstić information content (AvgIpc) is 2.92. The van der Waals surface area contributed by atoms with Crippen LogP contribution in [0.3, 0.4) is 0 Å². The van der Waals surface area contributed by atoms with Crippen LogP contribution in [0.2, 0.25) is 0 Å². The molecule has 0 saturated heterocycles. The Morgan fingerprint density at radius 3 is 3.00 bits per heavy atom. The molecule has 0 unspecified atom stereocenters. The van der Waals surface area contributed by atoms with Gasteiger partial charge in [0.05, 0.1) is 5.52 Å². The van der Waals surface area contributed by atoms with Gasteiger partial charge in [-0.15, -0.1) is 0 Å². The summed E-state index contributed by atoms with van der Waals surface area (Å²) in [5.74, 6) is 0. The number of hydrogen-bond donors (Lipinski definition) is 1. The van der Waals surface area contributed by atoms with E-state index in [0.29, 0.717) is 0 Å². The number of rotatable bonds is 2. The molecule has 3 heteroatoms. The van der Waals surface area contributed by atoms with Gasteiger partial charge in [-0.25, -0.2) is 0 Å². The van der Waals surface area contributed by atoms with E-state index in [0.717, 1.165) is 30.7 Å². The van der Waals surface area contributed by atoms with Crippen LogP contribution >= 0.6 is 0 Å². The van der Waals surface area contributed by atoms with Crippen molar-refractivity contribution in [3.63, 3.8) is 0 Å². The molecule has 2 N–H and O–H groups in total. The summed E-state index contributed by atoms with van der Waals surface area (Å²) in [5.41, 5.74) is 11.9. The highest BCUT2D eigenvalue weighted by Gasteiger charge is 2.20. The molecule has 3 nitrogen and oxygen atoms in total. The predicted octanol–water partition coefficient (Wildman–Crippen LogP) is 3.38. The lowest BCUT2D eigenvalue weighted by atomic mass is 10.1. The Labute approximate surface area is 124 Å². The predicted molar refractivity (Wildman–Crippen MR) is 87.4 cm³/mol. The molecule has 0 amide bonds. The van der Waals surface area contributed by atoms with Crippen molar-refractivity contribution in [2.45, 2.75) is 13.0 Å². The fourth-order valence-electron chi connectivity index (χ4n) is 3.14. The summed E-state index contributed by atoms with van der Waals surface area (Å²) in [6.45, 7) is 1.95. The first-order valence-electron chi connectivity index (χ1n) is 7.27. The van der Waals surface area contributed by atoms with Crippen molar-refractivity contribution in [2.24, 2.45) is 0 Å². The highest BCUT2D eigenvalue weighted by Crippen LogP contribution is 2.33. The van der Waals surface area contributed by atoms with Gasteiger partial charge in [0.25, 0.3) is 0 Å². The van der Waals surface area contributed by atoms with Crippen LogP contribution in [0, 0.1) is 0 Å². The minimum absolute atomic E-state index is 0.915. The quantitative estimate of drug-likeness (QED) is 0.729. The molecule has 21 heavy (non-hydrogen) atoms. The maximum atomic E-state index is 6.07. The lowest BCUT2D eigenvalue weighted by Crippen LogP contribution is -2.19. The van der Waals surface area contributed by atoms with Gasteiger partial charge in [-0.2, -0.15) is 0 Å². The third kappa shape index (κ3) is 2.11. The Morgan fingerprint density at radius 1 is 1.10 bits per heavy atom. The molecule has 104 valence electrons. The van der Waals surface area contributed by atoms with Crippen LogP contribution in [-0.2, 0) is 13.0 Å². The molecular weight excluding hydrogens is 258 g/mol. The van der Waals surface area contributed by atoms with Crippen LogP contribution in [-0.4, -0.2) is 11.5 Å². The normalized spacial score (nSPS) is 13.6. The zero-order valence-electron chi connectivity index (χ0n) is 11.8. The molecule has 0 atom stereocenters. The number of hydrogen-bond acceptors (Lipinski definition) is 3. The molecule has 2 aromatic carbocycles. The van der Waals surface area contributed by atoms with Gasteiger partial charge >= 0.3 is 0 Å². The summed E-state index contributed by atoms with van der Waals surface area (Å²) in [4.78, 5) is 6.78. The van der Waals surface area contributed by atoms with Gasteiger partial charge in [0.2, 0.25) is 0 Å². The van der Waals surface area contributed by atoms with Gasteiger partial charge in [0.15, 0.2) is 0 Å². The fourth-order valence-corrected chi connectivity index (χ4v) is 3.14. The third-order valence-electron chi connectivity index (χ3n) is 4.20. The second-order valence-electron chi connectivity index (χ2n) is 5.55. The van der Waals surface area contributed by atoms with E-state index in [2.05, 4.69) is 40.2 Å². The van der Waals surface area contributed by atoms with Crippen molar-refractivity contribution < 1.29 is 0 Å². The second kappa shape index (κ2) is 4.77. The van der Waals surface area contributed by atoms with Crippen molar-refractivity contribution in [3.8, 4) is 0 Å². The third-order valence-corrected chi connectivity index (χ3v) is 4.20. The summed E-state index contributed by atoms with van der Waals surface area (Å²) >= 11 is 0. The van der Waals surface area contributed by atoms with E-state index in [1.165, 1.54) is 22.2 Å².